The van der Waals surface area contributed by atoms with Gasteiger partial charge in [0.2, 0.25) is 0 Å². The van der Waals surface area contributed by atoms with E-state index in [9.17, 15) is 4.79 Å². The van der Waals surface area contributed by atoms with Crippen molar-refractivity contribution in [3.63, 3.8) is 0 Å². The number of carboxylic acids is 1. The molecule has 0 heterocycles. The highest BCUT2D eigenvalue weighted by atomic mass is 16.4. The third-order valence-electron chi connectivity index (χ3n) is 2.67. The van der Waals surface area contributed by atoms with Crippen LogP contribution in [0.25, 0.3) is 6.08 Å². The summed E-state index contributed by atoms with van der Waals surface area (Å²) in [6.45, 7) is 1.95. The minimum Gasteiger partial charge on any atom is -0.478 e. The average Bonchev–Trinajstić information content (AvgIpc) is 2.16. The number of aliphatic carboxylic acids is 1. The first kappa shape index (κ1) is 9.00. The lowest BCUT2D eigenvalue weighted by Crippen LogP contribution is -2.16. The van der Waals surface area contributed by atoms with Gasteiger partial charge in [-0.05, 0) is 29.5 Å². The zero-order valence-electron chi connectivity index (χ0n) is 8.03. The Hall–Kier alpha value is -1.57. The minimum atomic E-state index is -0.799. The standard InChI is InChI=1S/C12H12O2/c1-8-6-9-4-2-3-5-10(9)7-11(8)12(13)14/h2-5,7-8H,6H2,1H3,(H,13,14). The predicted molar refractivity (Wildman–Crippen MR) is 54.9 cm³/mol. The quantitative estimate of drug-likeness (QED) is 0.734. The van der Waals surface area contributed by atoms with E-state index in [1.807, 2.05) is 25.1 Å². The smallest absolute Gasteiger partial charge is 0.331 e. The van der Waals surface area contributed by atoms with Gasteiger partial charge in [-0.3, -0.25) is 0 Å². The Morgan fingerprint density at radius 2 is 2.14 bits per heavy atom. The number of hydrogen-bond donors (Lipinski definition) is 1. The summed E-state index contributed by atoms with van der Waals surface area (Å²) in [7, 11) is 0. The fraction of sp³-hybridized carbons (Fsp3) is 0.250. The molecule has 0 saturated carbocycles. The summed E-state index contributed by atoms with van der Waals surface area (Å²) >= 11 is 0. The third kappa shape index (κ3) is 1.43. The maximum absolute atomic E-state index is 10.9. The van der Waals surface area contributed by atoms with Gasteiger partial charge in [-0.25, -0.2) is 4.79 Å². The SMILES string of the molecule is CC1Cc2ccccc2C=C1C(=O)O. The summed E-state index contributed by atoms with van der Waals surface area (Å²) in [4.78, 5) is 10.9. The van der Waals surface area contributed by atoms with E-state index in [4.69, 9.17) is 5.11 Å². The van der Waals surface area contributed by atoms with Crippen molar-refractivity contribution >= 4 is 12.0 Å². The summed E-state index contributed by atoms with van der Waals surface area (Å²) < 4.78 is 0. The van der Waals surface area contributed by atoms with Crippen LogP contribution in [0.4, 0.5) is 0 Å². The van der Waals surface area contributed by atoms with Crippen molar-refractivity contribution in [2.75, 3.05) is 0 Å². The van der Waals surface area contributed by atoms with E-state index in [0.29, 0.717) is 5.57 Å². The zero-order valence-corrected chi connectivity index (χ0v) is 8.03. The van der Waals surface area contributed by atoms with Crippen LogP contribution in [0.2, 0.25) is 0 Å². The van der Waals surface area contributed by atoms with Gasteiger partial charge < -0.3 is 5.11 Å². The molecule has 0 radical (unpaired) electrons. The van der Waals surface area contributed by atoms with Gasteiger partial charge in [0, 0.05) is 5.57 Å². The van der Waals surface area contributed by atoms with E-state index in [2.05, 4.69) is 6.07 Å². The molecule has 1 aliphatic rings. The van der Waals surface area contributed by atoms with Crippen molar-refractivity contribution < 1.29 is 9.90 Å². The molecule has 0 aromatic heterocycles. The first-order valence-corrected chi connectivity index (χ1v) is 4.71. The number of hydrogen-bond acceptors (Lipinski definition) is 1. The molecule has 0 bridgehead atoms. The van der Waals surface area contributed by atoms with Gasteiger partial charge >= 0.3 is 5.97 Å². The summed E-state index contributed by atoms with van der Waals surface area (Å²) in [5.41, 5.74) is 2.80. The molecule has 0 fully saturated rings. The Morgan fingerprint density at radius 3 is 2.86 bits per heavy atom. The molecule has 0 saturated heterocycles. The molecule has 0 spiro atoms. The van der Waals surface area contributed by atoms with Gasteiger partial charge in [0.05, 0.1) is 0 Å². The van der Waals surface area contributed by atoms with E-state index in [0.717, 1.165) is 12.0 Å². The highest BCUT2D eigenvalue weighted by Crippen LogP contribution is 2.28. The van der Waals surface area contributed by atoms with Gasteiger partial charge in [-0.15, -0.1) is 0 Å². The molecule has 1 aliphatic carbocycles. The zero-order chi connectivity index (χ0) is 10.1. The van der Waals surface area contributed by atoms with Crippen molar-refractivity contribution in [1.82, 2.24) is 0 Å². The Bertz CT molecular complexity index is 405. The molecule has 2 nitrogen and oxygen atoms in total. The van der Waals surface area contributed by atoms with E-state index < -0.39 is 5.97 Å². The van der Waals surface area contributed by atoms with Gasteiger partial charge in [0.25, 0.3) is 0 Å². The Morgan fingerprint density at radius 1 is 1.43 bits per heavy atom. The van der Waals surface area contributed by atoms with Gasteiger partial charge in [0.15, 0.2) is 0 Å². The van der Waals surface area contributed by atoms with Crippen molar-refractivity contribution in [3.8, 4) is 0 Å². The Balaban J connectivity index is 2.49. The lowest BCUT2D eigenvalue weighted by molar-refractivity contribution is -0.133. The molecule has 2 heteroatoms. The van der Waals surface area contributed by atoms with Crippen LogP contribution < -0.4 is 0 Å². The van der Waals surface area contributed by atoms with Crippen LogP contribution in [0.5, 0.6) is 0 Å². The van der Waals surface area contributed by atoms with Crippen LogP contribution >= 0.6 is 0 Å². The van der Waals surface area contributed by atoms with E-state index >= 15 is 0 Å². The lowest BCUT2D eigenvalue weighted by atomic mass is 9.85. The summed E-state index contributed by atoms with van der Waals surface area (Å²) in [5.74, 6) is -0.686. The maximum atomic E-state index is 10.9. The molecule has 72 valence electrons. The Labute approximate surface area is 82.9 Å². The number of fused-ring (bicyclic) bond motifs is 1. The highest BCUT2D eigenvalue weighted by molar-refractivity contribution is 5.93. The van der Waals surface area contributed by atoms with Crippen LogP contribution in [-0.4, -0.2) is 11.1 Å². The largest absolute Gasteiger partial charge is 0.478 e. The van der Waals surface area contributed by atoms with Gasteiger partial charge in [0.1, 0.15) is 0 Å². The fourth-order valence-corrected chi connectivity index (χ4v) is 1.88. The fourth-order valence-electron chi connectivity index (χ4n) is 1.88. The van der Waals surface area contributed by atoms with Crippen molar-refractivity contribution in [3.05, 3.63) is 41.0 Å². The second-order valence-electron chi connectivity index (χ2n) is 3.71. The summed E-state index contributed by atoms with van der Waals surface area (Å²) in [6.07, 6.45) is 2.61. The molecule has 1 aromatic carbocycles. The molecule has 1 unspecified atom stereocenters. The predicted octanol–water partition coefficient (Wildman–Crippen LogP) is 2.35. The molecule has 1 aromatic rings. The maximum Gasteiger partial charge on any atom is 0.331 e. The minimum absolute atomic E-state index is 0.113. The summed E-state index contributed by atoms with van der Waals surface area (Å²) in [5, 5.41) is 8.97. The van der Waals surface area contributed by atoms with Crippen molar-refractivity contribution in [2.45, 2.75) is 13.3 Å². The molecule has 2 rings (SSSR count). The molecular formula is C12H12O2. The average molecular weight is 188 g/mol. The molecule has 0 amide bonds. The van der Waals surface area contributed by atoms with Gasteiger partial charge in [-0.2, -0.15) is 0 Å². The van der Waals surface area contributed by atoms with Crippen LogP contribution in [0.3, 0.4) is 0 Å². The third-order valence-corrected chi connectivity index (χ3v) is 2.67. The molecular weight excluding hydrogens is 176 g/mol. The van der Waals surface area contributed by atoms with Gasteiger partial charge in [-0.1, -0.05) is 31.2 Å². The van der Waals surface area contributed by atoms with Crippen LogP contribution in [-0.2, 0) is 11.2 Å². The van der Waals surface area contributed by atoms with Crippen LogP contribution in [0.1, 0.15) is 18.1 Å². The topological polar surface area (TPSA) is 37.3 Å². The second kappa shape index (κ2) is 3.29. The number of carboxylic acid groups (broad SMARTS) is 1. The number of carbonyl (C=O) groups is 1. The first-order valence-electron chi connectivity index (χ1n) is 4.71. The van der Waals surface area contributed by atoms with E-state index in [1.165, 1.54) is 5.56 Å². The lowest BCUT2D eigenvalue weighted by Gasteiger charge is -2.19. The van der Waals surface area contributed by atoms with Crippen molar-refractivity contribution in [2.24, 2.45) is 5.92 Å². The van der Waals surface area contributed by atoms with Crippen molar-refractivity contribution in [1.29, 1.82) is 0 Å². The summed E-state index contributed by atoms with van der Waals surface area (Å²) in [6, 6.07) is 7.95. The molecule has 1 atom stereocenters. The van der Waals surface area contributed by atoms with E-state index in [1.54, 1.807) is 6.08 Å². The number of benzene rings is 1. The molecule has 1 N–H and O–H groups in total. The Kier molecular flexibility index (Phi) is 2.12. The number of rotatable bonds is 1. The van der Waals surface area contributed by atoms with Crippen LogP contribution in [0.15, 0.2) is 29.8 Å². The van der Waals surface area contributed by atoms with E-state index in [-0.39, 0.29) is 5.92 Å². The second-order valence-corrected chi connectivity index (χ2v) is 3.71. The van der Waals surface area contributed by atoms with Crippen LogP contribution in [0, 0.1) is 5.92 Å². The highest BCUT2D eigenvalue weighted by Gasteiger charge is 2.21. The molecule has 0 aliphatic heterocycles. The normalized spacial score (nSPS) is 19.8. The molecule has 14 heavy (non-hydrogen) atoms. The first-order chi connectivity index (χ1) is 6.68. The monoisotopic (exact) mass is 188 g/mol.